The van der Waals surface area contributed by atoms with Crippen molar-refractivity contribution in [2.24, 2.45) is 0 Å². The first-order valence-electron chi connectivity index (χ1n) is 20.7. The minimum Gasteiger partial charge on any atom is -0.384 e. The van der Waals surface area contributed by atoms with Gasteiger partial charge in [-0.25, -0.2) is 0 Å². The maximum absolute atomic E-state index is 6.30. The van der Waals surface area contributed by atoms with E-state index in [9.17, 15) is 0 Å². The number of thiol groups is 2. The summed E-state index contributed by atoms with van der Waals surface area (Å²) in [6.07, 6.45) is 34.1. The summed E-state index contributed by atoms with van der Waals surface area (Å²) < 4.78 is 11.2. The van der Waals surface area contributed by atoms with Crippen molar-refractivity contribution in [1.82, 2.24) is 0 Å². The van der Waals surface area contributed by atoms with Crippen LogP contribution in [-0.2, 0) is 9.47 Å². The van der Waals surface area contributed by atoms with Gasteiger partial charge in [0.2, 0.25) is 0 Å². The normalized spacial score (nSPS) is 15.0. The first kappa shape index (κ1) is 51.4. The highest BCUT2D eigenvalue weighted by atomic mass is 32.3. The molecule has 0 heterocycles. The van der Waals surface area contributed by atoms with E-state index in [1.807, 2.05) is 42.4 Å². The minimum atomic E-state index is -0.349. The summed E-state index contributed by atoms with van der Waals surface area (Å²) in [6, 6.07) is 0. The molecule has 0 saturated heterocycles. The SMILES string of the molecule is CCCCCCCCCCCCSC(S)(SCCCCCCCCCC)C(S)(SCCOC)SCC(OCC)SCCCCCCCCC. The fourth-order valence-electron chi connectivity index (χ4n) is 5.74. The van der Waals surface area contributed by atoms with E-state index < -0.39 is 0 Å². The molecule has 3 unspecified atom stereocenters. The van der Waals surface area contributed by atoms with Crippen molar-refractivity contribution in [3.8, 4) is 0 Å². The van der Waals surface area contributed by atoms with Gasteiger partial charge in [0.05, 0.1) is 6.61 Å². The molecule has 2 nitrogen and oxygen atoms in total. The van der Waals surface area contributed by atoms with E-state index >= 15 is 0 Å². The molecule has 0 spiro atoms. The first-order valence-corrected chi connectivity index (χ1v) is 26.5. The highest BCUT2D eigenvalue weighted by Crippen LogP contribution is 2.62. The fraction of sp³-hybridized carbons (Fsp3) is 1.00. The van der Waals surface area contributed by atoms with Crippen molar-refractivity contribution in [1.29, 1.82) is 0 Å². The Labute approximate surface area is 340 Å². The summed E-state index contributed by atoms with van der Waals surface area (Å²) in [5.74, 6) is 5.36. The Balaban J connectivity index is 5.24. The Morgan fingerprint density at radius 1 is 0.449 bits per heavy atom. The average molecular weight is 820 g/mol. The molecule has 0 fully saturated rings. The molecule has 0 aromatic carbocycles. The lowest BCUT2D eigenvalue weighted by Crippen LogP contribution is -2.38. The molecule has 0 saturated carbocycles. The van der Waals surface area contributed by atoms with Crippen LogP contribution in [0.15, 0.2) is 0 Å². The second-order valence-electron chi connectivity index (χ2n) is 13.5. The molecule has 9 heteroatoms. The fourth-order valence-corrected chi connectivity index (χ4v) is 15.0. The molecule has 0 aromatic rings. The van der Waals surface area contributed by atoms with Crippen LogP contribution in [0.4, 0.5) is 0 Å². The number of unbranched alkanes of at least 4 members (excludes halogenated alkanes) is 22. The van der Waals surface area contributed by atoms with Gasteiger partial charge >= 0.3 is 0 Å². The van der Waals surface area contributed by atoms with Gasteiger partial charge in [-0.2, -0.15) is 0 Å². The van der Waals surface area contributed by atoms with Gasteiger partial charge in [-0.05, 0) is 43.4 Å². The molecule has 0 aromatic heterocycles. The predicted octanol–water partition coefficient (Wildman–Crippen LogP) is 15.6. The van der Waals surface area contributed by atoms with Crippen molar-refractivity contribution < 1.29 is 9.47 Å². The van der Waals surface area contributed by atoms with Gasteiger partial charge < -0.3 is 9.47 Å². The molecule has 0 aliphatic heterocycles. The molecule has 0 radical (unpaired) electrons. The maximum atomic E-state index is 6.30. The molecule has 0 N–H and O–H groups in total. The van der Waals surface area contributed by atoms with Crippen LogP contribution >= 0.6 is 84.1 Å². The molecule has 0 bridgehead atoms. The summed E-state index contributed by atoms with van der Waals surface area (Å²) in [5.41, 5.74) is 0.201. The monoisotopic (exact) mass is 818 g/mol. The van der Waals surface area contributed by atoms with E-state index in [1.165, 1.54) is 166 Å². The van der Waals surface area contributed by atoms with Gasteiger partial charge in [-0.1, -0.05) is 162 Å². The van der Waals surface area contributed by atoms with E-state index in [1.54, 1.807) is 0 Å². The zero-order valence-electron chi connectivity index (χ0n) is 33.0. The smallest absolute Gasteiger partial charge is 0.137 e. The van der Waals surface area contributed by atoms with Crippen LogP contribution in [0, 0.1) is 0 Å². The summed E-state index contributed by atoms with van der Waals surface area (Å²) in [6.45, 7) is 10.5. The van der Waals surface area contributed by atoms with Crippen LogP contribution < -0.4 is 0 Å². The Morgan fingerprint density at radius 3 is 1.18 bits per heavy atom. The highest BCUT2D eigenvalue weighted by Gasteiger charge is 2.49. The third kappa shape index (κ3) is 30.3. The molecule has 3 atom stereocenters. The van der Waals surface area contributed by atoms with Gasteiger partial charge in [-0.3, -0.25) is 0 Å². The highest BCUT2D eigenvalue weighted by molar-refractivity contribution is 8.38. The van der Waals surface area contributed by atoms with E-state index in [2.05, 4.69) is 51.2 Å². The van der Waals surface area contributed by atoms with Crippen LogP contribution in [0.5, 0.6) is 0 Å². The van der Waals surface area contributed by atoms with Crippen molar-refractivity contribution in [3.05, 3.63) is 0 Å². The van der Waals surface area contributed by atoms with Crippen LogP contribution in [0.3, 0.4) is 0 Å². The third-order valence-corrected chi connectivity index (χ3v) is 19.9. The van der Waals surface area contributed by atoms with Gasteiger partial charge in [0, 0.05) is 25.2 Å². The van der Waals surface area contributed by atoms with E-state index in [-0.39, 0.29) is 12.3 Å². The van der Waals surface area contributed by atoms with E-state index in [0.717, 1.165) is 36.2 Å². The number of thioether (sulfide) groups is 5. The molecule has 296 valence electrons. The van der Waals surface area contributed by atoms with Crippen molar-refractivity contribution in [2.45, 2.75) is 200 Å². The summed E-state index contributed by atoms with van der Waals surface area (Å²) in [5, 5.41) is 0. The Morgan fingerprint density at radius 2 is 0.796 bits per heavy atom. The largest absolute Gasteiger partial charge is 0.384 e. The van der Waals surface area contributed by atoms with E-state index in [4.69, 9.17) is 34.7 Å². The van der Waals surface area contributed by atoms with Crippen LogP contribution in [0.2, 0.25) is 0 Å². The van der Waals surface area contributed by atoms with Gasteiger partial charge in [0.1, 0.15) is 12.3 Å². The van der Waals surface area contributed by atoms with Crippen LogP contribution in [0.1, 0.15) is 188 Å². The topological polar surface area (TPSA) is 18.5 Å². The zero-order valence-corrected chi connectivity index (χ0v) is 38.8. The summed E-state index contributed by atoms with van der Waals surface area (Å²) >= 11 is 21.2. The zero-order chi connectivity index (χ0) is 36.2. The lowest BCUT2D eigenvalue weighted by Gasteiger charge is -2.43. The van der Waals surface area contributed by atoms with Crippen LogP contribution in [0.25, 0.3) is 0 Å². The minimum absolute atomic E-state index is 0.201. The van der Waals surface area contributed by atoms with Crippen LogP contribution in [-0.4, -0.2) is 61.3 Å². The number of ether oxygens (including phenoxy) is 2. The molecule has 0 amide bonds. The number of hydrogen-bond acceptors (Lipinski definition) is 9. The lowest BCUT2D eigenvalue weighted by atomic mass is 10.1. The molecular formula is C40H82O2S7. The second-order valence-corrected chi connectivity index (χ2v) is 23.0. The quantitative estimate of drug-likeness (QED) is 0.0359. The van der Waals surface area contributed by atoms with Crippen molar-refractivity contribution >= 4 is 84.1 Å². The molecule has 0 rings (SSSR count). The van der Waals surface area contributed by atoms with Crippen molar-refractivity contribution in [3.63, 3.8) is 0 Å². The van der Waals surface area contributed by atoms with Gasteiger partial charge in [0.15, 0.2) is 0 Å². The van der Waals surface area contributed by atoms with Crippen molar-refractivity contribution in [2.75, 3.05) is 49.1 Å². The second kappa shape index (κ2) is 38.6. The number of methoxy groups -OCH3 is 1. The number of hydrogen-bond donors (Lipinski definition) is 2. The summed E-state index contributed by atoms with van der Waals surface area (Å²) in [4.78, 5) is 0. The standard InChI is InChI=1S/C40H82O2S7/c1-6-10-13-16-19-21-22-25-28-31-35-47-39(43,46-34-30-27-24-20-17-14-11-7-2)40(44,48-36-32-41-5)49-37-38(42-9-4)45-33-29-26-23-18-15-12-8-3/h38,43-44H,6-37H2,1-5H3. The molecule has 49 heavy (non-hydrogen) atoms. The third-order valence-electron chi connectivity index (χ3n) is 8.89. The van der Waals surface area contributed by atoms with Gasteiger partial charge in [0.25, 0.3) is 0 Å². The first-order chi connectivity index (χ1) is 23.9. The Hall–Kier alpha value is 2.37. The predicted molar refractivity (Wildman–Crippen MR) is 245 cm³/mol. The maximum Gasteiger partial charge on any atom is 0.137 e. The van der Waals surface area contributed by atoms with E-state index in [0.29, 0.717) is 0 Å². The Bertz CT molecular complexity index is 662. The van der Waals surface area contributed by atoms with Gasteiger partial charge in [-0.15, -0.1) is 84.1 Å². The average Bonchev–Trinajstić information content (AvgIpc) is 3.10. The molecular weight excluding hydrogens is 737 g/mol. The molecule has 0 aliphatic rings. The Kier molecular flexibility index (Phi) is 40.5. The number of rotatable bonds is 41. The summed E-state index contributed by atoms with van der Waals surface area (Å²) in [7, 11) is 1.81. The lowest BCUT2D eigenvalue weighted by molar-refractivity contribution is 0.140. The molecule has 0 aliphatic carbocycles.